The highest BCUT2D eigenvalue weighted by atomic mass is 15.0. The average molecular weight is 214 g/mol. The predicted molar refractivity (Wildman–Crippen MR) is 68.0 cm³/mol. The van der Waals surface area contributed by atoms with Crippen LogP contribution in [0.3, 0.4) is 0 Å². The van der Waals surface area contributed by atoms with Gasteiger partial charge in [0, 0.05) is 11.6 Å². The molecule has 1 aromatic carbocycles. The quantitative estimate of drug-likeness (QED) is 0.583. The number of hydrogen-bond donors (Lipinski definition) is 0. The van der Waals surface area contributed by atoms with E-state index in [-0.39, 0.29) is 5.41 Å². The maximum absolute atomic E-state index is 2.35. The van der Waals surface area contributed by atoms with E-state index in [4.69, 9.17) is 0 Å². The van der Waals surface area contributed by atoms with Gasteiger partial charge in [0.15, 0.2) is 6.21 Å². The van der Waals surface area contributed by atoms with E-state index in [1.807, 2.05) is 0 Å². The molecule has 0 N–H and O–H groups in total. The molecule has 0 radical (unpaired) electrons. The molecular weight excluding hydrogens is 194 g/mol. The summed E-state index contributed by atoms with van der Waals surface area (Å²) in [6, 6.07) is 4.66. The zero-order valence-electron chi connectivity index (χ0n) is 10.5. The molecule has 0 bridgehead atoms. The summed E-state index contributed by atoms with van der Waals surface area (Å²) in [5, 5.41) is 0. The van der Waals surface area contributed by atoms with E-state index in [2.05, 4.69) is 43.8 Å². The van der Waals surface area contributed by atoms with Crippen LogP contribution >= 0.6 is 0 Å². The molecule has 1 heteroatoms. The third-order valence-corrected chi connectivity index (χ3v) is 4.05. The van der Waals surface area contributed by atoms with Gasteiger partial charge in [0.05, 0.1) is 5.41 Å². The molecule has 1 aliphatic heterocycles. The molecule has 0 spiro atoms. The molecule has 2 aliphatic rings. The van der Waals surface area contributed by atoms with Gasteiger partial charge in [0.25, 0.3) is 0 Å². The molecule has 0 aromatic heterocycles. The van der Waals surface area contributed by atoms with Gasteiger partial charge in [-0.2, -0.15) is 0 Å². The van der Waals surface area contributed by atoms with Crippen molar-refractivity contribution in [2.75, 3.05) is 7.05 Å². The van der Waals surface area contributed by atoms with Crippen molar-refractivity contribution in [2.45, 2.75) is 44.9 Å². The van der Waals surface area contributed by atoms with Crippen LogP contribution < -0.4 is 0 Å². The first-order valence-electron chi connectivity index (χ1n) is 6.34. The normalized spacial score (nSPS) is 21.3. The number of aryl methyl sites for hydroxylation is 1. The lowest BCUT2D eigenvalue weighted by Gasteiger charge is -2.22. The monoisotopic (exact) mass is 214 g/mol. The van der Waals surface area contributed by atoms with Gasteiger partial charge in [0.2, 0.25) is 5.69 Å². The fraction of sp³-hybridized carbons (Fsp3) is 0.533. The standard InChI is InChI=1S/C15H20N/c1-15(2)10-16(3)13-9-8-11-6-4-5-7-12(11)14(13)15/h8-10H,4-7H2,1-3H3/q+1. The maximum Gasteiger partial charge on any atom is 0.209 e. The van der Waals surface area contributed by atoms with Crippen LogP contribution in [-0.2, 0) is 18.3 Å². The van der Waals surface area contributed by atoms with Gasteiger partial charge in [-0.15, -0.1) is 0 Å². The van der Waals surface area contributed by atoms with Crippen molar-refractivity contribution in [2.24, 2.45) is 0 Å². The third kappa shape index (κ3) is 1.27. The molecule has 0 fully saturated rings. The molecular formula is C15H20N+. The molecule has 16 heavy (non-hydrogen) atoms. The summed E-state index contributed by atoms with van der Waals surface area (Å²) in [4.78, 5) is 0. The Kier molecular flexibility index (Phi) is 2.01. The van der Waals surface area contributed by atoms with Crippen LogP contribution in [0, 0.1) is 0 Å². The van der Waals surface area contributed by atoms with Gasteiger partial charge in [-0.3, -0.25) is 0 Å². The van der Waals surface area contributed by atoms with E-state index in [9.17, 15) is 0 Å². The minimum atomic E-state index is 0.215. The molecule has 1 aromatic rings. The minimum absolute atomic E-state index is 0.215. The lowest BCUT2D eigenvalue weighted by Crippen LogP contribution is -2.20. The molecule has 0 saturated heterocycles. The Morgan fingerprint density at radius 3 is 2.69 bits per heavy atom. The maximum atomic E-state index is 2.35. The highest BCUT2D eigenvalue weighted by Gasteiger charge is 2.38. The lowest BCUT2D eigenvalue weighted by atomic mass is 9.78. The van der Waals surface area contributed by atoms with Crippen molar-refractivity contribution in [1.82, 2.24) is 0 Å². The van der Waals surface area contributed by atoms with E-state index < -0.39 is 0 Å². The highest BCUT2D eigenvalue weighted by molar-refractivity contribution is 5.78. The fourth-order valence-electron chi connectivity index (χ4n) is 3.45. The molecule has 1 heterocycles. The number of hydrogen-bond acceptors (Lipinski definition) is 0. The van der Waals surface area contributed by atoms with Crippen molar-refractivity contribution >= 4 is 11.9 Å². The first-order valence-corrected chi connectivity index (χ1v) is 6.34. The van der Waals surface area contributed by atoms with Crippen LogP contribution in [0.1, 0.15) is 43.4 Å². The summed E-state index contributed by atoms with van der Waals surface area (Å²) in [5.74, 6) is 0. The average Bonchev–Trinajstić information content (AvgIpc) is 2.49. The summed E-state index contributed by atoms with van der Waals surface area (Å²) in [5.41, 5.74) is 6.47. The van der Waals surface area contributed by atoms with Crippen LogP contribution in [0.25, 0.3) is 0 Å². The van der Waals surface area contributed by atoms with Gasteiger partial charge in [-0.05, 0) is 50.7 Å². The second-order valence-electron chi connectivity index (χ2n) is 5.77. The predicted octanol–water partition coefficient (Wildman–Crippen LogP) is 3.20. The first-order chi connectivity index (χ1) is 7.59. The van der Waals surface area contributed by atoms with Crippen molar-refractivity contribution in [3.63, 3.8) is 0 Å². The van der Waals surface area contributed by atoms with Crippen LogP contribution in [0.5, 0.6) is 0 Å². The smallest absolute Gasteiger partial charge is 0.204 e. The number of fused-ring (bicyclic) bond motifs is 3. The van der Waals surface area contributed by atoms with E-state index in [1.165, 1.54) is 31.4 Å². The molecule has 1 nitrogen and oxygen atoms in total. The Morgan fingerprint density at radius 2 is 1.88 bits per heavy atom. The molecule has 0 saturated carbocycles. The van der Waals surface area contributed by atoms with Gasteiger partial charge >= 0.3 is 0 Å². The van der Waals surface area contributed by atoms with Gasteiger partial charge < -0.3 is 0 Å². The van der Waals surface area contributed by atoms with Gasteiger partial charge in [0.1, 0.15) is 7.05 Å². The largest absolute Gasteiger partial charge is 0.209 e. The Hall–Kier alpha value is -1.11. The lowest BCUT2D eigenvalue weighted by molar-refractivity contribution is -0.397. The third-order valence-electron chi connectivity index (χ3n) is 4.05. The summed E-state index contributed by atoms with van der Waals surface area (Å²) in [6.07, 6.45) is 7.65. The Labute approximate surface area is 97.8 Å². The van der Waals surface area contributed by atoms with Crippen LogP contribution in [0.2, 0.25) is 0 Å². The molecule has 0 amide bonds. The summed E-state index contributed by atoms with van der Waals surface area (Å²) >= 11 is 0. The van der Waals surface area contributed by atoms with E-state index in [0.29, 0.717) is 0 Å². The van der Waals surface area contributed by atoms with Crippen LogP contribution in [-0.4, -0.2) is 17.8 Å². The Balaban J connectivity index is 2.27. The SMILES string of the molecule is C[N+]1=CC(C)(C)c2c1ccc1c2CCCC1. The number of rotatable bonds is 0. The highest BCUT2D eigenvalue weighted by Crippen LogP contribution is 2.41. The van der Waals surface area contributed by atoms with E-state index in [1.54, 1.807) is 16.7 Å². The van der Waals surface area contributed by atoms with E-state index in [0.717, 1.165) is 0 Å². The van der Waals surface area contributed by atoms with Crippen LogP contribution in [0.4, 0.5) is 5.69 Å². The molecule has 0 atom stereocenters. The second kappa shape index (κ2) is 3.19. The number of nitrogens with zero attached hydrogens (tertiary/aromatic N) is 1. The van der Waals surface area contributed by atoms with Crippen molar-refractivity contribution in [3.8, 4) is 0 Å². The fourth-order valence-corrected chi connectivity index (χ4v) is 3.45. The zero-order valence-corrected chi connectivity index (χ0v) is 10.5. The molecule has 3 rings (SSSR count). The summed E-state index contributed by atoms with van der Waals surface area (Å²) in [7, 11) is 2.17. The molecule has 0 unspecified atom stereocenters. The Morgan fingerprint density at radius 1 is 1.12 bits per heavy atom. The summed E-state index contributed by atoms with van der Waals surface area (Å²) < 4.78 is 2.30. The molecule has 1 aliphatic carbocycles. The van der Waals surface area contributed by atoms with Gasteiger partial charge in [-0.25, -0.2) is 4.58 Å². The topological polar surface area (TPSA) is 3.01 Å². The molecule has 84 valence electrons. The number of benzene rings is 1. The van der Waals surface area contributed by atoms with Crippen molar-refractivity contribution < 1.29 is 4.58 Å². The summed E-state index contributed by atoms with van der Waals surface area (Å²) in [6.45, 7) is 4.68. The Bertz CT molecular complexity index is 480. The minimum Gasteiger partial charge on any atom is -0.204 e. The first kappa shape index (κ1) is 10.1. The van der Waals surface area contributed by atoms with Gasteiger partial charge in [-0.1, -0.05) is 6.07 Å². The van der Waals surface area contributed by atoms with Crippen LogP contribution in [0.15, 0.2) is 12.1 Å². The van der Waals surface area contributed by atoms with Crippen molar-refractivity contribution in [1.29, 1.82) is 0 Å². The zero-order chi connectivity index (χ0) is 11.3. The van der Waals surface area contributed by atoms with Crippen molar-refractivity contribution in [3.05, 3.63) is 28.8 Å². The second-order valence-corrected chi connectivity index (χ2v) is 5.77. The van der Waals surface area contributed by atoms with E-state index >= 15 is 0 Å².